The molecule has 2 aromatic heterocycles. The van der Waals surface area contributed by atoms with E-state index in [2.05, 4.69) is 45.3 Å². The van der Waals surface area contributed by atoms with Crippen molar-refractivity contribution in [3.8, 4) is 5.75 Å². The van der Waals surface area contributed by atoms with Crippen LogP contribution in [0.1, 0.15) is 30.9 Å². The van der Waals surface area contributed by atoms with E-state index in [4.69, 9.17) is 21.3 Å². The average Bonchev–Trinajstić information content (AvgIpc) is 3.18. The van der Waals surface area contributed by atoms with Crippen LogP contribution in [0.15, 0.2) is 24.4 Å². The van der Waals surface area contributed by atoms with Crippen molar-refractivity contribution in [2.75, 3.05) is 44.4 Å². The van der Waals surface area contributed by atoms with Crippen LogP contribution in [0.3, 0.4) is 0 Å². The highest BCUT2D eigenvalue weighted by Crippen LogP contribution is 2.26. The van der Waals surface area contributed by atoms with Crippen molar-refractivity contribution in [2.45, 2.75) is 38.9 Å². The number of aliphatic hydroxyl groups is 1. The maximum Gasteiger partial charge on any atom is 0.222 e. The van der Waals surface area contributed by atoms with Crippen LogP contribution in [-0.2, 0) is 13.1 Å². The number of benzene rings is 1. The lowest BCUT2D eigenvalue weighted by atomic mass is 9.99. The van der Waals surface area contributed by atoms with E-state index < -0.39 is 0 Å². The highest BCUT2D eigenvalue weighted by Gasteiger charge is 2.25. The van der Waals surface area contributed by atoms with E-state index in [9.17, 15) is 5.11 Å². The molecule has 3 aromatic rings. The maximum absolute atomic E-state index is 9.65. The zero-order chi connectivity index (χ0) is 23.4. The van der Waals surface area contributed by atoms with Gasteiger partial charge in [0.25, 0.3) is 0 Å². The smallest absolute Gasteiger partial charge is 0.222 e. The zero-order valence-corrected chi connectivity index (χ0v) is 19.4. The van der Waals surface area contributed by atoms with Gasteiger partial charge in [0.1, 0.15) is 11.3 Å². The first-order valence-corrected chi connectivity index (χ1v) is 11.5. The molecule has 33 heavy (non-hydrogen) atoms. The number of aromatic nitrogens is 4. The number of hydrogen-bond acceptors (Lipinski definition) is 9. The number of ether oxygens (including phenoxy) is 1. The molecule has 0 saturated carbocycles. The fourth-order valence-corrected chi connectivity index (χ4v) is 4.32. The highest BCUT2D eigenvalue weighted by molar-refractivity contribution is 5.85. The SMILES string of the molecule is CCC[C@@H](CO)Nc1nc(N)nc2cn(Cc3ccc(CN4CC(CN)C4)cc3OC)nc12. The molecule has 1 aliphatic heterocycles. The summed E-state index contributed by atoms with van der Waals surface area (Å²) in [5, 5.41) is 17.6. The molecule has 1 fully saturated rings. The molecule has 0 radical (unpaired) electrons. The second-order valence-corrected chi connectivity index (χ2v) is 8.75. The van der Waals surface area contributed by atoms with Gasteiger partial charge >= 0.3 is 0 Å². The molecule has 1 saturated heterocycles. The number of methoxy groups -OCH3 is 1. The number of nitrogen functional groups attached to an aromatic ring is 1. The number of nitrogens with one attached hydrogen (secondary N) is 1. The molecule has 0 unspecified atom stereocenters. The van der Waals surface area contributed by atoms with Gasteiger partial charge in [0.2, 0.25) is 5.95 Å². The minimum Gasteiger partial charge on any atom is -0.496 e. The van der Waals surface area contributed by atoms with E-state index in [1.807, 2.05) is 10.9 Å². The standard InChI is InChI=1S/C23H34N8O2/c1-3-4-18(14-32)26-22-21-19(27-23(25)28-22)13-31(29-21)12-17-6-5-15(7-20(17)33-2)9-30-10-16(8-24)11-30/h5-7,13,16,18,32H,3-4,8-12,14,24H2,1-2H3,(H3,25,26,27,28)/t18-/m0/s1. The molecule has 0 amide bonds. The quantitative estimate of drug-likeness (QED) is 0.338. The number of likely N-dealkylation sites (tertiary alicyclic amines) is 1. The minimum absolute atomic E-state index is 0.00774. The molecular formula is C23H34N8O2. The van der Waals surface area contributed by atoms with Gasteiger partial charge in [-0.05, 0) is 30.5 Å². The summed E-state index contributed by atoms with van der Waals surface area (Å²) in [6.45, 7) is 6.36. The van der Waals surface area contributed by atoms with Crippen LogP contribution in [-0.4, -0.2) is 69.1 Å². The second-order valence-electron chi connectivity index (χ2n) is 8.75. The molecule has 6 N–H and O–H groups in total. The first-order valence-electron chi connectivity index (χ1n) is 11.5. The predicted molar refractivity (Wildman–Crippen MR) is 129 cm³/mol. The van der Waals surface area contributed by atoms with Crippen molar-refractivity contribution in [3.63, 3.8) is 0 Å². The number of hydrogen-bond donors (Lipinski definition) is 4. The van der Waals surface area contributed by atoms with Gasteiger partial charge in [-0.15, -0.1) is 0 Å². The minimum atomic E-state index is -0.114. The van der Waals surface area contributed by atoms with Crippen LogP contribution in [0.2, 0.25) is 0 Å². The summed E-state index contributed by atoms with van der Waals surface area (Å²) in [7, 11) is 1.69. The molecule has 10 heteroatoms. The Balaban J connectivity index is 1.53. The number of anilines is 2. The Morgan fingerprint density at radius 1 is 1.27 bits per heavy atom. The van der Waals surface area contributed by atoms with E-state index in [1.54, 1.807) is 7.11 Å². The van der Waals surface area contributed by atoms with Crippen molar-refractivity contribution in [2.24, 2.45) is 11.7 Å². The summed E-state index contributed by atoms with van der Waals surface area (Å²) < 4.78 is 7.49. The summed E-state index contributed by atoms with van der Waals surface area (Å²) >= 11 is 0. The number of fused-ring (bicyclic) bond motifs is 1. The molecular weight excluding hydrogens is 420 g/mol. The monoisotopic (exact) mass is 454 g/mol. The van der Waals surface area contributed by atoms with Gasteiger partial charge in [0.05, 0.1) is 32.5 Å². The Kier molecular flexibility index (Phi) is 7.26. The molecule has 0 spiro atoms. The van der Waals surface area contributed by atoms with E-state index in [-0.39, 0.29) is 18.6 Å². The Labute approximate surface area is 193 Å². The first kappa shape index (κ1) is 23.2. The molecule has 0 aliphatic carbocycles. The van der Waals surface area contributed by atoms with Crippen LogP contribution in [0, 0.1) is 5.92 Å². The molecule has 1 aliphatic rings. The zero-order valence-electron chi connectivity index (χ0n) is 19.4. The van der Waals surface area contributed by atoms with Crippen molar-refractivity contribution < 1.29 is 9.84 Å². The van der Waals surface area contributed by atoms with E-state index in [1.165, 1.54) is 5.56 Å². The number of aliphatic hydroxyl groups excluding tert-OH is 1. The van der Waals surface area contributed by atoms with E-state index in [0.717, 1.165) is 50.3 Å². The fraction of sp³-hybridized carbons (Fsp3) is 0.522. The molecule has 178 valence electrons. The molecule has 10 nitrogen and oxygen atoms in total. The van der Waals surface area contributed by atoms with Gasteiger partial charge in [-0.2, -0.15) is 10.1 Å². The largest absolute Gasteiger partial charge is 0.496 e. The molecule has 1 aromatic carbocycles. The topological polar surface area (TPSA) is 140 Å². The Bertz CT molecular complexity index is 1080. The van der Waals surface area contributed by atoms with Crippen molar-refractivity contribution in [1.82, 2.24) is 24.6 Å². The van der Waals surface area contributed by atoms with Crippen molar-refractivity contribution in [3.05, 3.63) is 35.5 Å². The summed E-state index contributed by atoms with van der Waals surface area (Å²) in [5.41, 5.74) is 15.2. The average molecular weight is 455 g/mol. The molecule has 1 atom stereocenters. The Hall–Kier alpha value is -2.95. The summed E-state index contributed by atoms with van der Waals surface area (Å²) in [6, 6.07) is 6.20. The van der Waals surface area contributed by atoms with Gasteiger partial charge in [0.15, 0.2) is 11.3 Å². The Morgan fingerprint density at radius 3 is 2.79 bits per heavy atom. The van der Waals surface area contributed by atoms with Crippen LogP contribution >= 0.6 is 0 Å². The van der Waals surface area contributed by atoms with Gasteiger partial charge in [0, 0.05) is 25.2 Å². The van der Waals surface area contributed by atoms with Crippen LogP contribution in [0.4, 0.5) is 11.8 Å². The molecule has 4 rings (SSSR count). The van der Waals surface area contributed by atoms with E-state index >= 15 is 0 Å². The summed E-state index contributed by atoms with van der Waals surface area (Å²) in [5.74, 6) is 2.15. The maximum atomic E-state index is 9.65. The van der Waals surface area contributed by atoms with Gasteiger partial charge in [-0.3, -0.25) is 9.58 Å². The lowest BCUT2D eigenvalue weighted by Gasteiger charge is -2.38. The van der Waals surface area contributed by atoms with Gasteiger partial charge in [-0.1, -0.05) is 25.5 Å². The molecule has 3 heterocycles. The van der Waals surface area contributed by atoms with Crippen molar-refractivity contribution >= 4 is 22.8 Å². The lowest BCUT2D eigenvalue weighted by Crippen LogP contribution is -2.49. The van der Waals surface area contributed by atoms with Crippen LogP contribution < -0.4 is 21.5 Å². The predicted octanol–water partition coefficient (Wildman–Crippen LogP) is 1.43. The Morgan fingerprint density at radius 2 is 2.09 bits per heavy atom. The lowest BCUT2D eigenvalue weighted by molar-refractivity contribution is 0.0978. The van der Waals surface area contributed by atoms with Gasteiger partial charge < -0.3 is 26.6 Å². The normalized spacial score (nSPS) is 15.5. The van der Waals surface area contributed by atoms with Crippen LogP contribution in [0.25, 0.3) is 11.0 Å². The third-order valence-electron chi connectivity index (χ3n) is 6.08. The highest BCUT2D eigenvalue weighted by atomic mass is 16.5. The molecule has 0 bridgehead atoms. The third kappa shape index (κ3) is 5.35. The third-order valence-corrected chi connectivity index (χ3v) is 6.08. The second kappa shape index (κ2) is 10.3. The fourth-order valence-electron chi connectivity index (χ4n) is 4.32. The van der Waals surface area contributed by atoms with Crippen molar-refractivity contribution in [1.29, 1.82) is 0 Å². The number of rotatable bonds is 11. The first-order chi connectivity index (χ1) is 16.0. The summed E-state index contributed by atoms with van der Waals surface area (Å²) in [6.07, 6.45) is 3.61. The van der Waals surface area contributed by atoms with Crippen LogP contribution in [0.5, 0.6) is 5.75 Å². The van der Waals surface area contributed by atoms with Gasteiger partial charge in [-0.25, -0.2) is 4.98 Å². The number of nitrogens with zero attached hydrogens (tertiary/aromatic N) is 5. The van der Waals surface area contributed by atoms with E-state index in [0.29, 0.717) is 29.3 Å². The number of nitrogens with two attached hydrogens (primary N) is 2. The summed E-state index contributed by atoms with van der Waals surface area (Å²) in [4.78, 5) is 11.0.